The van der Waals surface area contributed by atoms with E-state index < -0.39 is 0 Å². The van der Waals surface area contributed by atoms with Crippen molar-refractivity contribution in [3.05, 3.63) is 19.8 Å². The molecular formula is C10H12BrClOS. The van der Waals surface area contributed by atoms with Crippen LogP contribution >= 0.6 is 38.9 Å². The summed E-state index contributed by atoms with van der Waals surface area (Å²) in [4.78, 5) is 0.970. The molecule has 14 heavy (non-hydrogen) atoms. The fourth-order valence-corrected chi connectivity index (χ4v) is 3.55. The maximum Gasteiger partial charge on any atom is 0.0916 e. The van der Waals surface area contributed by atoms with E-state index in [-0.39, 0.29) is 6.10 Å². The van der Waals surface area contributed by atoms with Crippen LogP contribution in [0.1, 0.15) is 31.2 Å². The Kier molecular flexibility index (Phi) is 2.71. The predicted octanol–water partition coefficient (Wildman–Crippen LogP) is 4.24. The topological polar surface area (TPSA) is 20.2 Å². The van der Waals surface area contributed by atoms with Gasteiger partial charge in [-0.1, -0.05) is 25.4 Å². The van der Waals surface area contributed by atoms with E-state index in [1.165, 1.54) is 11.3 Å². The highest BCUT2D eigenvalue weighted by molar-refractivity contribution is 9.11. The van der Waals surface area contributed by atoms with Crippen LogP contribution in [0.25, 0.3) is 0 Å². The number of thiophene rings is 1. The molecule has 1 nitrogen and oxygen atoms in total. The van der Waals surface area contributed by atoms with Gasteiger partial charge < -0.3 is 5.11 Å². The average molecular weight is 296 g/mol. The number of aliphatic hydroxyl groups is 1. The van der Waals surface area contributed by atoms with Crippen LogP contribution in [0.4, 0.5) is 0 Å². The molecular weight excluding hydrogens is 284 g/mol. The normalized spacial score (nSPS) is 26.2. The van der Waals surface area contributed by atoms with Crippen LogP contribution in [0.2, 0.25) is 5.02 Å². The van der Waals surface area contributed by atoms with Gasteiger partial charge in [0.05, 0.1) is 14.9 Å². The minimum atomic E-state index is -0.348. The molecule has 2 unspecified atom stereocenters. The number of rotatable bonds is 2. The zero-order chi connectivity index (χ0) is 10.5. The van der Waals surface area contributed by atoms with Gasteiger partial charge in [0.25, 0.3) is 0 Å². The van der Waals surface area contributed by atoms with E-state index in [4.69, 9.17) is 11.6 Å². The van der Waals surface area contributed by atoms with Crippen molar-refractivity contribution in [1.29, 1.82) is 0 Å². The summed E-state index contributed by atoms with van der Waals surface area (Å²) in [6.07, 6.45) is 0.750. The Balaban J connectivity index is 2.16. The summed E-state index contributed by atoms with van der Waals surface area (Å²) in [5, 5.41) is 10.8. The first-order chi connectivity index (χ1) is 6.42. The SMILES string of the molecule is CC1(C)CC1C(O)c1cc(Cl)c(Br)s1. The van der Waals surface area contributed by atoms with Crippen LogP contribution in [0.5, 0.6) is 0 Å². The molecule has 0 aromatic carbocycles. The smallest absolute Gasteiger partial charge is 0.0916 e. The predicted molar refractivity (Wildman–Crippen MR) is 63.9 cm³/mol. The van der Waals surface area contributed by atoms with Gasteiger partial charge in [0, 0.05) is 4.88 Å². The Morgan fingerprint density at radius 3 is 2.64 bits per heavy atom. The second-order valence-corrected chi connectivity index (χ2v) is 7.32. The second kappa shape index (κ2) is 3.48. The van der Waals surface area contributed by atoms with Crippen molar-refractivity contribution in [2.75, 3.05) is 0 Å². The molecule has 0 bridgehead atoms. The Labute approximate surface area is 101 Å². The first kappa shape index (κ1) is 10.9. The molecule has 1 fully saturated rings. The van der Waals surface area contributed by atoms with E-state index in [2.05, 4.69) is 29.8 Å². The van der Waals surface area contributed by atoms with Gasteiger partial charge in [0.15, 0.2) is 0 Å². The lowest BCUT2D eigenvalue weighted by atomic mass is 10.1. The zero-order valence-electron chi connectivity index (χ0n) is 8.05. The van der Waals surface area contributed by atoms with Gasteiger partial charge in [-0.25, -0.2) is 0 Å². The minimum Gasteiger partial charge on any atom is -0.387 e. The Hall–Kier alpha value is 0.430. The summed E-state index contributed by atoms with van der Waals surface area (Å²) >= 11 is 10.8. The average Bonchev–Trinajstić information content (AvgIpc) is 2.59. The second-order valence-electron chi connectivity index (χ2n) is 4.51. The maximum atomic E-state index is 10.1. The van der Waals surface area contributed by atoms with Crippen molar-refractivity contribution in [3.8, 4) is 0 Å². The van der Waals surface area contributed by atoms with Crippen LogP contribution in [0.3, 0.4) is 0 Å². The molecule has 2 atom stereocenters. The molecule has 1 saturated carbocycles. The standard InChI is InChI=1S/C10H12BrClOS/c1-10(2)4-5(10)8(13)7-3-6(12)9(11)14-7/h3,5,8,13H,4H2,1-2H3. The minimum absolute atomic E-state index is 0.294. The third-order valence-electron chi connectivity index (χ3n) is 2.93. The molecule has 0 saturated heterocycles. The summed E-state index contributed by atoms with van der Waals surface area (Å²) in [7, 11) is 0. The molecule has 1 heterocycles. The highest BCUT2D eigenvalue weighted by Crippen LogP contribution is 2.58. The number of halogens is 2. The highest BCUT2D eigenvalue weighted by atomic mass is 79.9. The van der Waals surface area contributed by atoms with E-state index >= 15 is 0 Å². The molecule has 1 aromatic heterocycles. The number of hydrogen-bond acceptors (Lipinski definition) is 2. The molecule has 1 N–H and O–H groups in total. The lowest BCUT2D eigenvalue weighted by Crippen LogP contribution is -2.02. The molecule has 1 aliphatic rings. The van der Waals surface area contributed by atoms with Crippen LogP contribution in [0.15, 0.2) is 9.85 Å². The van der Waals surface area contributed by atoms with Gasteiger partial charge in [-0.05, 0) is 39.8 Å². The van der Waals surface area contributed by atoms with Crippen molar-refractivity contribution < 1.29 is 5.11 Å². The fourth-order valence-electron chi connectivity index (χ4n) is 1.75. The largest absolute Gasteiger partial charge is 0.387 e. The number of aliphatic hydroxyl groups excluding tert-OH is 1. The Morgan fingerprint density at radius 1 is 1.71 bits per heavy atom. The first-order valence-corrected chi connectivity index (χ1v) is 6.53. The van der Waals surface area contributed by atoms with Crippen LogP contribution in [-0.4, -0.2) is 5.11 Å². The van der Waals surface area contributed by atoms with Crippen molar-refractivity contribution in [2.45, 2.75) is 26.4 Å². The van der Waals surface area contributed by atoms with Gasteiger partial charge in [-0.3, -0.25) is 0 Å². The first-order valence-electron chi connectivity index (χ1n) is 4.54. The molecule has 4 heteroatoms. The van der Waals surface area contributed by atoms with Crippen molar-refractivity contribution >= 4 is 38.9 Å². The summed E-state index contributed by atoms with van der Waals surface area (Å²) in [6, 6.07) is 1.86. The number of hydrogen-bond donors (Lipinski definition) is 1. The summed E-state index contributed by atoms with van der Waals surface area (Å²) in [5.41, 5.74) is 0.294. The van der Waals surface area contributed by atoms with Crippen molar-refractivity contribution in [3.63, 3.8) is 0 Å². The van der Waals surface area contributed by atoms with Gasteiger partial charge >= 0.3 is 0 Å². The lowest BCUT2D eigenvalue weighted by Gasteiger charge is -2.09. The Morgan fingerprint density at radius 2 is 2.29 bits per heavy atom. The molecule has 0 spiro atoms. The van der Waals surface area contributed by atoms with E-state index in [1.807, 2.05) is 6.07 Å². The van der Waals surface area contributed by atoms with E-state index in [0.29, 0.717) is 16.4 Å². The zero-order valence-corrected chi connectivity index (χ0v) is 11.2. The quantitative estimate of drug-likeness (QED) is 0.865. The maximum absolute atomic E-state index is 10.1. The van der Waals surface area contributed by atoms with Crippen LogP contribution in [0, 0.1) is 11.3 Å². The Bertz CT molecular complexity index is 342. The van der Waals surface area contributed by atoms with Crippen molar-refractivity contribution in [2.24, 2.45) is 11.3 Å². The van der Waals surface area contributed by atoms with Gasteiger partial charge in [0.2, 0.25) is 0 Å². The summed E-state index contributed by atoms with van der Waals surface area (Å²) < 4.78 is 0.909. The summed E-state index contributed by atoms with van der Waals surface area (Å²) in [5.74, 6) is 0.393. The monoisotopic (exact) mass is 294 g/mol. The van der Waals surface area contributed by atoms with Gasteiger partial charge in [-0.15, -0.1) is 11.3 Å². The molecule has 78 valence electrons. The molecule has 2 rings (SSSR count). The van der Waals surface area contributed by atoms with E-state index in [1.54, 1.807) is 0 Å². The third kappa shape index (κ3) is 1.87. The van der Waals surface area contributed by atoms with Crippen molar-refractivity contribution in [1.82, 2.24) is 0 Å². The molecule has 1 aromatic rings. The van der Waals surface area contributed by atoms with Crippen LogP contribution in [-0.2, 0) is 0 Å². The van der Waals surface area contributed by atoms with E-state index in [0.717, 1.165) is 15.1 Å². The molecule has 1 aliphatic carbocycles. The molecule has 0 aliphatic heterocycles. The lowest BCUT2D eigenvalue weighted by molar-refractivity contribution is 0.142. The highest BCUT2D eigenvalue weighted by Gasteiger charge is 2.50. The molecule has 0 amide bonds. The van der Waals surface area contributed by atoms with E-state index in [9.17, 15) is 5.11 Å². The fraction of sp³-hybridized carbons (Fsp3) is 0.600. The molecule has 0 radical (unpaired) electrons. The van der Waals surface area contributed by atoms with Gasteiger partial charge in [-0.2, -0.15) is 0 Å². The van der Waals surface area contributed by atoms with Crippen LogP contribution < -0.4 is 0 Å². The summed E-state index contributed by atoms with van der Waals surface area (Å²) in [6.45, 7) is 4.37. The van der Waals surface area contributed by atoms with Gasteiger partial charge in [0.1, 0.15) is 0 Å². The third-order valence-corrected chi connectivity index (χ3v) is 5.47.